The highest BCUT2D eigenvalue weighted by Crippen LogP contribution is 2.25. The minimum Gasteiger partial charge on any atom is -0.339 e. The van der Waals surface area contributed by atoms with E-state index in [4.69, 9.17) is 0 Å². The second kappa shape index (κ2) is 6.94. The number of aromatic nitrogens is 1. The summed E-state index contributed by atoms with van der Waals surface area (Å²) >= 11 is 0. The predicted octanol–water partition coefficient (Wildman–Crippen LogP) is 4.24. The SMILES string of the molecule is Cc1ccc(Nc2ncccc2S(=O)(=O)Nc2ccc(C)cc2)cc1. The van der Waals surface area contributed by atoms with Crippen LogP contribution in [-0.4, -0.2) is 13.4 Å². The van der Waals surface area contributed by atoms with Crippen molar-refractivity contribution in [3.63, 3.8) is 0 Å². The average molecular weight is 353 g/mol. The van der Waals surface area contributed by atoms with E-state index in [1.807, 2.05) is 50.2 Å². The summed E-state index contributed by atoms with van der Waals surface area (Å²) in [6.07, 6.45) is 1.56. The topological polar surface area (TPSA) is 71.1 Å². The van der Waals surface area contributed by atoms with E-state index in [0.717, 1.165) is 16.8 Å². The fourth-order valence-corrected chi connectivity index (χ4v) is 3.48. The quantitative estimate of drug-likeness (QED) is 0.719. The molecule has 0 amide bonds. The van der Waals surface area contributed by atoms with E-state index in [1.165, 1.54) is 6.07 Å². The van der Waals surface area contributed by atoms with Gasteiger partial charge in [0.25, 0.3) is 10.0 Å². The van der Waals surface area contributed by atoms with Gasteiger partial charge >= 0.3 is 0 Å². The van der Waals surface area contributed by atoms with Crippen LogP contribution in [0.1, 0.15) is 11.1 Å². The first kappa shape index (κ1) is 17.0. The predicted molar refractivity (Wildman–Crippen MR) is 101 cm³/mol. The van der Waals surface area contributed by atoms with Crippen molar-refractivity contribution in [3.05, 3.63) is 78.0 Å². The summed E-state index contributed by atoms with van der Waals surface area (Å²) in [5, 5.41) is 3.07. The van der Waals surface area contributed by atoms with Gasteiger partial charge in [-0.1, -0.05) is 35.4 Å². The van der Waals surface area contributed by atoms with Crippen molar-refractivity contribution < 1.29 is 8.42 Å². The van der Waals surface area contributed by atoms with Crippen LogP contribution in [0.5, 0.6) is 0 Å². The first-order valence-electron chi connectivity index (χ1n) is 7.82. The molecule has 0 radical (unpaired) electrons. The van der Waals surface area contributed by atoms with Crippen LogP contribution in [0.25, 0.3) is 0 Å². The van der Waals surface area contributed by atoms with Crippen molar-refractivity contribution in [3.8, 4) is 0 Å². The molecule has 0 fully saturated rings. The molecule has 1 aromatic heterocycles. The van der Waals surface area contributed by atoms with Crippen LogP contribution in [0.15, 0.2) is 71.8 Å². The summed E-state index contributed by atoms with van der Waals surface area (Å²) in [6, 6.07) is 18.0. The molecular formula is C19H19N3O2S. The third kappa shape index (κ3) is 4.16. The molecule has 0 atom stereocenters. The normalized spacial score (nSPS) is 11.1. The maximum atomic E-state index is 12.8. The Kier molecular flexibility index (Phi) is 4.72. The monoisotopic (exact) mass is 353 g/mol. The minimum atomic E-state index is -3.76. The van der Waals surface area contributed by atoms with Crippen molar-refractivity contribution in [2.75, 3.05) is 10.0 Å². The Hall–Kier alpha value is -2.86. The Bertz CT molecular complexity index is 966. The summed E-state index contributed by atoms with van der Waals surface area (Å²) in [4.78, 5) is 4.28. The summed E-state index contributed by atoms with van der Waals surface area (Å²) < 4.78 is 28.1. The molecule has 25 heavy (non-hydrogen) atoms. The third-order valence-corrected chi connectivity index (χ3v) is 5.09. The molecule has 1 heterocycles. The number of hydrogen-bond acceptors (Lipinski definition) is 4. The van der Waals surface area contributed by atoms with Crippen LogP contribution in [0.2, 0.25) is 0 Å². The molecule has 0 saturated carbocycles. The zero-order valence-corrected chi connectivity index (χ0v) is 14.8. The molecule has 0 spiro atoms. The molecule has 0 aliphatic heterocycles. The Labute approximate surface area is 147 Å². The molecule has 0 aliphatic carbocycles. The lowest BCUT2D eigenvalue weighted by Crippen LogP contribution is -2.15. The lowest BCUT2D eigenvalue weighted by molar-refractivity contribution is 0.601. The Balaban J connectivity index is 1.90. The highest BCUT2D eigenvalue weighted by molar-refractivity contribution is 7.92. The fourth-order valence-electron chi connectivity index (χ4n) is 2.31. The number of nitrogens with one attached hydrogen (secondary N) is 2. The maximum Gasteiger partial charge on any atom is 0.265 e. The minimum absolute atomic E-state index is 0.0937. The Morgan fingerprint density at radius 3 is 1.96 bits per heavy atom. The lowest BCUT2D eigenvalue weighted by atomic mass is 10.2. The fraction of sp³-hybridized carbons (Fsp3) is 0.105. The van der Waals surface area contributed by atoms with Crippen LogP contribution in [0, 0.1) is 13.8 Å². The Morgan fingerprint density at radius 1 is 0.800 bits per heavy atom. The van der Waals surface area contributed by atoms with Crippen LogP contribution in [0.4, 0.5) is 17.2 Å². The van der Waals surface area contributed by atoms with Crippen LogP contribution < -0.4 is 10.0 Å². The molecule has 6 heteroatoms. The van der Waals surface area contributed by atoms with Crippen molar-refractivity contribution in [2.45, 2.75) is 18.7 Å². The van der Waals surface area contributed by atoms with Gasteiger partial charge in [0, 0.05) is 17.6 Å². The van der Waals surface area contributed by atoms with Gasteiger partial charge in [-0.05, 0) is 50.2 Å². The molecule has 0 unspecified atom stereocenters. The summed E-state index contributed by atoms with van der Waals surface area (Å²) in [6.45, 7) is 3.94. The summed E-state index contributed by atoms with van der Waals surface area (Å²) in [5.41, 5.74) is 3.47. The zero-order valence-electron chi connectivity index (χ0n) is 14.0. The van der Waals surface area contributed by atoms with Gasteiger partial charge in [0.2, 0.25) is 0 Å². The van der Waals surface area contributed by atoms with Crippen molar-refractivity contribution in [2.24, 2.45) is 0 Å². The first-order valence-corrected chi connectivity index (χ1v) is 9.30. The van der Waals surface area contributed by atoms with E-state index in [0.29, 0.717) is 5.69 Å². The molecule has 2 N–H and O–H groups in total. The van der Waals surface area contributed by atoms with Gasteiger partial charge in [0.15, 0.2) is 5.82 Å². The molecule has 3 rings (SSSR count). The lowest BCUT2D eigenvalue weighted by Gasteiger charge is -2.13. The summed E-state index contributed by atoms with van der Waals surface area (Å²) in [7, 11) is -3.76. The van der Waals surface area contributed by atoms with Crippen LogP contribution in [0.3, 0.4) is 0 Å². The van der Waals surface area contributed by atoms with Gasteiger partial charge in [-0.3, -0.25) is 4.72 Å². The van der Waals surface area contributed by atoms with Gasteiger partial charge < -0.3 is 5.32 Å². The van der Waals surface area contributed by atoms with Crippen LogP contribution >= 0.6 is 0 Å². The standard InChI is InChI=1S/C19H19N3O2S/c1-14-5-9-16(10-6-14)21-19-18(4-3-13-20-19)25(23,24)22-17-11-7-15(2)8-12-17/h3-13,22H,1-2H3,(H,20,21). The van der Waals surface area contributed by atoms with Gasteiger partial charge in [-0.15, -0.1) is 0 Å². The molecule has 0 aliphatic rings. The number of sulfonamides is 1. The van der Waals surface area contributed by atoms with E-state index in [-0.39, 0.29) is 10.7 Å². The second-order valence-electron chi connectivity index (χ2n) is 5.81. The second-order valence-corrected chi connectivity index (χ2v) is 7.46. The number of benzene rings is 2. The number of aryl methyl sites for hydroxylation is 2. The molecule has 5 nitrogen and oxygen atoms in total. The van der Waals surface area contributed by atoms with E-state index in [9.17, 15) is 8.42 Å². The number of pyridine rings is 1. The molecule has 128 valence electrons. The van der Waals surface area contributed by atoms with Gasteiger partial charge in [0.05, 0.1) is 0 Å². The Morgan fingerprint density at radius 2 is 1.36 bits per heavy atom. The molecule has 2 aromatic carbocycles. The number of hydrogen-bond donors (Lipinski definition) is 2. The van der Waals surface area contributed by atoms with Crippen LogP contribution in [-0.2, 0) is 10.0 Å². The van der Waals surface area contributed by atoms with Gasteiger partial charge in [-0.2, -0.15) is 0 Å². The highest BCUT2D eigenvalue weighted by atomic mass is 32.2. The maximum absolute atomic E-state index is 12.8. The number of rotatable bonds is 5. The van der Waals surface area contributed by atoms with Crippen molar-refractivity contribution >= 4 is 27.2 Å². The molecule has 0 bridgehead atoms. The smallest absolute Gasteiger partial charge is 0.265 e. The van der Waals surface area contributed by atoms with E-state index < -0.39 is 10.0 Å². The molecule has 3 aromatic rings. The average Bonchev–Trinajstić information content (AvgIpc) is 2.59. The van der Waals surface area contributed by atoms with E-state index in [1.54, 1.807) is 24.4 Å². The number of anilines is 3. The number of nitrogens with zero attached hydrogens (tertiary/aromatic N) is 1. The molecule has 0 saturated heterocycles. The van der Waals surface area contributed by atoms with Gasteiger partial charge in [-0.25, -0.2) is 13.4 Å². The third-order valence-electron chi connectivity index (χ3n) is 3.68. The highest BCUT2D eigenvalue weighted by Gasteiger charge is 2.19. The first-order chi connectivity index (χ1) is 11.9. The zero-order chi connectivity index (χ0) is 17.9. The van der Waals surface area contributed by atoms with Crippen molar-refractivity contribution in [1.29, 1.82) is 0 Å². The summed E-state index contributed by atoms with van der Waals surface area (Å²) in [5.74, 6) is 0.283. The van der Waals surface area contributed by atoms with E-state index in [2.05, 4.69) is 15.0 Å². The van der Waals surface area contributed by atoms with Crippen molar-refractivity contribution in [1.82, 2.24) is 4.98 Å². The van der Waals surface area contributed by atoms with E-state index >= 15 is 0 Å². The largest absolute Gasteiger partial charge is 0.339 e. The van der Waals surface area contributed by atoms with Gasteiger partial charge in [0.1, 0.15) is 4.90 Å². The molecular weight excluding hydrogens is 334 g/mol.